The minimum absolute atomic E-state index is 0.0912. The van der Waals surface area contributed by atoms with Crippen LogP contribution < -0.4 is 10.2 Å². The second-order valence-electron chi connectivity index (χ2n) is 4.38. The second kappa shape index (κ2) is 5.19. The summed E-state index contributed by atoms with van der Waals surface area (Å²) in [7, 11) is 0. The van der Waals surface area contributed by atoms with E-state index in [0.717, 1.165) is 24.2 Å². The minimum Gasteiger partial charge on any atom is -0.394 e. The molecule has 1 aromatic carbocycles. The fourth-order valence-electron chi connectivity index (χ4n) is 2.17. The van der Waals surface area contributed by atoms with E-state index < -0.39 is 6.04 Å². The molecule has 17 heavy (non-hydrogen) atoms. The van der Waals surface area contributed by atoms with Crippen molar-refractivity contribution in [2.45, 2.75) is 19.4 Å². The summed E-state index contributed by atoms with van der Waals surface area (Å²) in [6.45, 7) is 3.33. The molecule has 1 unspecified atom stereocenters. The van der Waals surface area contributed by atoms with Crippen molar-refractivity contribution in [3.05, 3.63) is 29.8 Å². The lowest BCUT2D eigenvalue weighted by molar-refractivity contribution is -0.122. The fourth-order valence-corrected chi connectivity index (χ4v) is 2.17. The van der Waals surface area contributed by atoms with E-state index in [4.69, 9.17) is 0 Å². The third kappa shape index (κ3) is 2.58. The molecule has 0 saturated carbocycles. The highest BCUT2D eigenvalue weighted by atomic mass is 16.3. The van der Waals surface area contributed by atoms with Crippen molar-refractivity contribution in [3.8, 4) is 0 Å². The van der Waals surface area contributed by atoms with Crippen molar-refractivity contribution in [2.75, 3.05) is 24.6 Å². The first-order chi connectivity index (χ1) is 8.22. The van der Waals surface area contributed by atoms with Crippen LogP contribution in [0, 0.1) is 6.92 Å². The van der Waals surface area contributed by atoms with Crippen LogP contribution in [0.5, 0.6) is 0 Å². The third-order valence-corrected chi connectivity index (χ3v) is 3.06. The minimum atomic E-state index is -0.473. The average molecular weight is 234 g/mol. The maximum atomic E-state index is 11.8. The Kier molecular flexibility index (Phi) is 3.64. The van der Waals surface area contributed by atoms with Gasteiger partial charge in [-0.1, -0.05) is 12.1 Å². The quantitative estimate of drug-likeness (QED) is 0.791. The van der Waals surface area contributed by atoms with Gasteiger partial charge in [0.1, 0.15) is 6.04 Å². The highest BCUT2D eigenvalue weighted by molar-refractivity contribution is 5.85. The molecular weight excluding hydrogens is 216 g/mol. The topological polar surface area (TPSA) is 52.6 Å². The van der Waals surface area contributed by atoms with Crippen molar-refractivity contribution in [3.63, 3.8) is 0 Å². The zero-order valence-electron chi connectivity index (χ0n) is 10.0. The number of carbonyl (C=O) groups excluding carboxylic acids is 1. The number of hydrogen-bond acceptors (Lipinski definition) is 3. The van der Waals surface area contributed by atoms with Crippen LogP contribution in [0.25, 0.3) is 0 Å². The number of anilines is 1. The summed E-state index contributed by atoms with van der Waals surface area (Å²) in [5, 5.41) is 12.2. The van der Waals surface area contributed by atoms with Crippen LogP contribution in [0.3, 0.4) is 0 Å². The number of hydrogen-bond donors (Lipinski definition) is 2. The molecule has 1 amide bonds. The van der Waals surface area contributed by atoms with E-state index in [0.29, 0.717) is 6.54 Å². The summed E-state index contributed by atoms with van der Waals surface area (Å²) in [6.07, 6.45) is 0.899. The molecule has 0 bridgehead atoms. The Morgan fingerprint density at radius 1 is 1.53 bits per heavy atom. The first-order valence-electron chi connectivity index (χ1n) is 5.94. The van der Waals surface area contributed by atoms with E-state index in [2.05, 4.69) is 5.32 Å². The van der Waals surface area contributed by atoms with Gasteiger partial charge < -0.3 is 15.3 Å². The summed E-state index contributed by atoms with van der Waals surface area (Å²) in [4.78, 5) is 13.8. The van der Waals surface area contributed by atoms with Crippen LogP contribution >= 0.6 is 0 Å². The smallest absolute Gasteiger partial charge is 0.245 e. The van der Waals surface area contributed by atoms with Gasteiger partial charge >= 0.3 is 0 Å². The van der Waals surface area contributed by atoms with Gasteiger partial charge in [0.25, 0.3) is 0 Å². The Morgan fingerprint density at radius 3 is 3.06 bits per heavy atom. The lowest BCUT2D eigenvalue weighted by Crippen LogP contribution is -2.46. The summed E-state index contributed by atoms with van der Waals surface area (Å²) in [5.41, 5.74) is 2.16. The SMILES string of the molecule is Cc1cccc(N2CCCNC(=O)C2CO)c1. The number of carbonyl (C=O) groups is 1. The van der Waals surface area contributed by atoms with E-state index in [1.165, 1.54) is 0 Å². The van der Waals surface area contributed by atoms with Crippen LogP contribution in [-0.4, -0.2) is 36.8 Å². The van der Waals surface area contributed by atoms with E-state index in [-0.39, 0.29) is 12.5 Å². The van der Waals surface area contributed by atoms with Gasteiger partial charge in [0, 0.05) is 18.8 Å². The van der Waals surface area contributed by atoms with Crippen LogP contribution in [0.15, 0.2) is 24.3 Å². The molecular formula is C13H18N2O2. The van der Waals surface area contributed by atoms with Gasteiger partial charge in [-0.05, 0) is 31.0 Å². The van der Waals surface area contributed by atoms with Crippen LogP contribution in [-0.2, 0) is 4.79 Å². The number of benzene rings is 1. The predicted octanol–water partition coefficient (Wildman–Crippen LogP) is 0.682. The van der Waals surface area contributed by atoms with Gasteiger partial charge in [0.05, 0.1) is 6.61 Å². The van der Waals surface area contributed by atoms with Crippen molar-refractivity contribution in [1.29, 1.82) is 0 Å². The number of rotatable bonds is 2. The first-order valence-corrected chi connectivity index (χ1v) is 5.94. The number of aliphatic hydroxyl groups is 1. The van der Waals surface area contributed by atoms with Gasteiger partial charge in [-0.25, -0.2) is 0 Å². The molecule has 0 radical (unpaired) electrons. The predicted molar refractivity (Wildman–Crippen MR) is 67.0 cm³/mol. The molecule has 1 aromatic rings. The number of nitrogens with one attached hydrogen (secondary N) is 1. The molecule has 1 atom stereocenters. The molecule has 1 aliphatic heterocycles. The van der Waals surface area contributed by atoms with Crippen molar-refractivity contribution in [1.82, 2.24) is 5.32 Å². The number of amides is 1. The van der Waals surface area contributed by atoms with Crippen molar-refractivity contribution >= 4 is 11.6 Å². The monoisotopic (exact) mass is 234 g/mol. The lowest BCUT2D eigenvalue weighted by Gasteiger charge is -2.29. The number of aliphatic hydroxyl groups excluding tert-OH is 1. The van der Waals surface area contributed by atoms with Crippen molar-refractivity contribution in [2.24, 2.45) is 0 Å². The first kappa shape index (κ1) is 11.9. The molecule has 1 aliphatic rings. The molecule has 92 valence electrons. The zero-order valence-corrected chi connectivity index (χ0v) is 10.0. The summed E-state index contributed by atoms with van der Waals surface area (Å²) in [5.74, 6) is -0.0912. The Balaban J connectivity index is 2.30. The maximum Gasteiger partial charge on any atom is 0.245 e. The van der Waals surface area contributed by atoms with Crippen LogP contribution in [0.2, 0.25) is 0 Å². The molecule has 2 N–H and O–H groups in total. The Hall–Kier alpha value is -1.55. The van der Waals surface area contributed by atoms with E-state index in [1.807, 2.05) is 36.1 Å². The summed E-state index contributed by atoms with van der Waals surface area (Å²) < 4.78 is 0. The van der Waals surface area contributed by atoms with E-state index in [9.17, 15) is 9.90 Å². The highest BCUT2D eigenvalue weighted by Crippen LogP contribution is 2.20. The number of aryl methyl sites for hydroxylation is 1. The molecule has 4 heteroatoms. The maximum absolute atomic E-state index is 11.8. The fraction of sp³-hybridized carbons (Fsp3) is 0.462. The van der Waals surface area contributed by atoms with Crippen LogP contribution in [0.4, 0.5) is 5.69 Å². The van der Waals surface area contributed by atoms with Crippen molar-refractivity contribution < 1.29 is 9.90 Å². The average Bonchev–Trinajstić information content (AvgIpc) is 2.50. The normalized spacial score (nSPS) is 20.9. The van der Waals surface area contributed by atoms with Gasteiger partial charge in [0.15, 0.2) is 0 Å². The van der Waals surface area contributed by atoms with E-state index in [1.54, 1.807) is 0 Å². The third-order valence-electron chi connectivity index (χ3n) is 3.06. The lowest BCUT2D eigenvalue weighted by atomic mass is 10.1. The van der Waals surface area contributed by atoms with E-state index >= 15 is 0 Å². The largest absolute Gasteiger partial charge is 0.394 e. The van der Waals surface area contributed by atoms with Gasteiger partial charge in [-0.2, -0.15) is 0 Å². The Labute approximate surface area is 101 Å². The van der Waals surface area contributed by atoms with Crippen LogP contribution in [0.1, 0.15) is 12.0 Å². The van der Waals surface area contributed by atoms with Gasteiger partial charge in [0.2, 0.25) is 5.91 Å². The highest BCUT2D eigenvalue weighted by Gasteiger charge is 2.27. The molecule has 1 heterocycles. The Morgan fingerprint density at radius 2 is 2.35 bits per heavy atom. The Bertz CT molecular complexity index is 406. The van der Waals surface area contributed by atoms with Gasteiger partial charge in [-0.3, -0.25) is 4.79 Å². The molecule has 2 rings (SSSR count). The molecule has 1 fully saturated rings. The molecule has 4 nitrogen and oxygen atoms in total. The second-order valence-corrected chi connectivity index (χ2v) is 4.38. The summed E-state index contributed by atoms with van der Waals surface area (Å²) >= 11 is 0. The molecule has 1 saturated heterocycles. The number of nitrogens with zero attached hydrogens (tertiary/aromatic N) is 1. The molecule has 0 aromatic heterocycles. The standard InChI is InChI=1S/C13H18N2O2/c1-10-4-2-5-11(8-10)15-7-3-6-14-13(17)12(15)9-16/h2,4-5,8,12,16H,3,6-7,9H2,1H3,(H,14,17). The molecule has 0 aliphatic carbocycles. The molecule has 0 spiro atoms. The summed E-state index contributed by atoms with van der Waals surface area (Å²) in [6, 6.07) is 7.55. The van der Waals surface area contributed by atoms with Gasteiger partial charge in [-0.15, -0.1) is 0 Å². The zero-order chi connectivity index (χ0) is 12.3.